The number of aromatic nitrogens is 2. The van der Waals surface area contributed by atoms with E-state index in [0.717, 1.165) is 27.8 Å². The zero-order valence-electron chi connectivity index (χ0n) is 14.6. The van der Waals surface area contributed by atoms with Gasteiger partial charge in [-0.1, -0.05) is 41.4 Å². The lowest BCUT2D eigenvalue weighted by atomic mass is 10.1. The van der Waals surface area contributed by atoms with Crippen LogP contribution in [0, 0.1) is 20.8 Å². The number of rotatable bonds is 5. The molecular weight excluding hydrogens is 332 g/mol. The highest BCUT2D eigenvalue weighted by atomic mass is 35.5. The zero-order chi connectivity index (χ0) is 17.8. The Morgan fingerprint density at radius 3 is 2.56 bits per heavy atom. The molecule has 2 aromatic carbocycles. The van der Waals surface area contributed by atoms with Crippen molar-refractivity contribution >= 4 is 29.1 Å². The fourth-order valence-corrected chi connectivity index (χ4v) is 2.85. The van der Waals surface area contributed by atoms with E-state index in [4.69, 9.17) is 11.6 Å². The van der Waals surface area contributed by atoms with Gasteiger partial charge in [0.1, 0.15) is 5.82 Å². The predicted molar refractivity (Wildman–Crippen MR) is 105 cm³/mol. The van der Waals surface area contributed by atoms with Gasteiger partial charge >= 0.3 is 0 Å². The van der Waals surface area contributed by atoms with Crippen LogP contribution in [-0.2, 0) is 6.54 Å². The molecule has 1 aromatic heterocycles. The van der Waals surface area contributed by atoms with E-state index in [0.29, 0.717) is 12.5 Å². The van der Waals surface area contributed by atoms with Gasteiger partial charge in [0, 0.05) is 29.0 Å². The second-order valence-electron chi connectivity index (χ2n) is 6.15. The normalized spacial score (nSPS) is 10.6. The van der Waals surface area contributed by atoms with E-state index < -0.39 is 0 Å². The topological polar surface area (TPSA) is 49.8 Å². The molecule has 0 unspecified atom stereocenters. The van der Waals surface area contributed by atoms with Crippen LogP contribution in [0.15, 0.2) is 48.5 Å². The van der Waals surface area contributed by atoms with E-state index in [1.165, 1.54) is 11.1 Å². The number of nitrogens with one attached hydrogen (secondary N) is 2. The van der Waals surface area contributed by atoms with Crippen molar-refractivity contribution < 1.29 is 0 Å². The van der Waals surface area contributed by atoms with Gasteiger partial charge in [-0.15, -0.1) is 0 Å². The Balaban J connectivity index is 1.76. The smallest absolute Gasteiger partial charge is 0.225 e. The molecule has 3 rings (SSSR count). The number of aryl methyl sites for hydroxylation is 3. The number of hydrogen-bond donors (Lipinski definition) is 2. The summed E-state index contributed by atoms with van der Waals surface area (Å²) >= 11 is 6.02. The van der Waals surface area contributed by atoms with Gasteiger partial charge in [-0.2, -0.15) is 4.98 Å². The van der Waals surface area contributed by atoms with Crippen LogP contribution in [0.5, 0.6) is 0 Å². The molecule has 0 aliphatic carbocycles. The van der Waals surface area contributed by atoms with Crippen LogP contribution in [0.25, 0.3) is 0 Å². The van der Waals surface area contributed by atoms with Crippen molar-refractivity contribution in [3.8, 4) is 0 Å². The first kappa shape index (κ1) is 17.2. The average molecular weight is 353 g/mol. The largest absolute Gasteiger partial charge is 0.350 e. The summed E-state index contributed by atoms with van der Waals surface area (Å²) in [7, 11) is 0. The summed E-state index contributed by atoms with van der Waals surface area (Å²) in [4.78, 5) is 9.03. The third kappa shape index (κ3) is 4.70. The van der Waals surface area contributed by atoms with E-state index in [9.17, 15) is 0 Å². The zero-order valence-corrected chi connectivity index (χ0v) is 15.4. The molecule has 0 amide bonds. The third-order valence-electron chi connectivity index (χ3n) is 3.84. The first-order valence-corrected chi connectivity index (χ1v) is 8.56. The Labute approximate surface area is 153 Å². The van der Waals surface area contributed by atoms with E-state index >= 15 is 0 Å². The third-order valence-corrected chi connectivity index (χ3v) is 4.07. The molecule has 0 atom stereocenters. The SMILES string of the molecule is Cc1cccc(CNc2nc(C)cc(Nc3ccc(Cl)cc3C)n2)c1. The van der Waals surface area contributed by atoms with Crippen LogP contribution in [0.4, 0.5) is 17.5 Å². The number of anilines is 3. The molecule has 25 heavy (non-hydrogen) atoms. The fourth-order valence-electron chi connectivity index (χ4n) is 2.62. The summed E-state index contributed by atoms with van der Waals surface area (Å²) in [6.07, 6.45) is 0. The van der Waals surface area contributed by atoms with Crippen molar-refractivity contribution in [2.75, 3.05) is 10.6 Å². The average Bonchev–Trinajstić information content (AvgIpc) is 2.55. The minimum Gasteiger partial charge on any atom is -0.350 e. The molecule has 128 valence electrons. The van der Waals surface area contributed by atoms with Crippen molar-refractivity contribution in [1.29, 1.82) is 0 Å². The molecule has 0 spiro atoms. The quantitative estimate of drug-likeness (QED) is 0.644. The summed E-state index contributed by atoms with van der Waals surface area (Å²) in [5, 5.41) is 7.36. The van der Waals surface area contributed by atoms with Gasteiger partial charge < -0.3 is 10.6 Å². The van der Waals surface area contributed by atoms with E-state index in [-0.39, 0.29) is 0 Å². The summed E-state index contributed by atoms with van der Waals surface area (Å²) in [5.41, 5.74) is 5.39. The number of halogens is 1. The lowest BCUT2D eigenvalue weighted by molar-refractivity contribution is 1.03. The standard InChI is InChI=1S/C20H21ClN4/c1-13-5-4-6-16(9-13)12-22-20-23-15(3)11-19(25-20)24-18-8-7-17(21)10-14(18)2/h4-11H,12H2,1-3H3,(H2,22,23,24,25). The summed E-state index contributed by atoms with van der Waals surface area (Å²) in [5.74, 6) is 1.36. The Kier molecular flexibility index (Phi) is 5.19. The van der Waals surface area contributed by atoms with Crippen molar-refractivity contribution in [2.24, 2.45) is 0 Å². The fraction of sp³-hybridized carbons (Fsp3) is 0.200. The lowest BCUT2D eigenvalue weighted by Crippen LogP contribution is -2.06. The van der Waals surface area contributed by atoms with Crippen LogP contribution >= 0.6 is 11.6 Å². The minimum absolute atomic E-state index is 0.607. The van der Waals surface area contributed by atoms with Crippen molar-refractivity contribution in [3.05, 3.63) is 75.9 Å². The number of benzene rings is 2. The molecule has 0 saturated heterocycles. The second kappa shape index (κ2) is 7.53. The van der Waals surface area contributed by atoms with Gasteiger partial charge in [0.05, 0.1) is 0 Å². The Morgan fingerprint density at radius 1 is 0.960 bits per heavy atom. The van der Waals surface area contributed by atoms with Gasteiger partial charge in [0.2, 0.25) is 5.95 Å². The molecule has 0 aliphatic rings. The Morgan fingerprint density at radius 2 is 1.80 bits per heavy atom. The number of hydrogen-bond acceptors (Lipinski definition) is 4. The minimum atomic E-state index is 0.607. The molecule has 2 N–H and O–H groups in total. The summed E-state index contributed by atoms with van der Waals surface area (Å²) < 4.78 is 0. The maximum absolute atomic E-state index is 6.02. The molecule has 1 heterocycles. The lowest BCUT2D eigenvalue weighted by Gasteiger charge is -2.12. The Bertz CT molecular complexity index is 893. The van der Waals surface area contributed by atoms with E-state index in [1.54, 1.807) is 0 Å². The van der Waals surface area contributed by atoms with Crippen LogP contribution in [0.1, 0.15) is 22.4 Å². The summed E-state index contributed by atoms with van der Waals surface area (Å²) in [6, 6.07) is 16.0. The van der Waals surface area contributed by atoms with Crippen molar-refractivity contribution in [3.63, 3.8) is 0 Å². The first-order chi connectivity index (χ1) is 12.0. The van der Waals surface area contributed by atoms with E-state index in [2.05, 4.69) is 51.8 Å². The predicted octanol–water partition coefficient (Wildman–Crippen LogP) is 5.41. The monoisotopic (exact) mass is 352 g/mol. The molecule has 0 radical (unpaired) electrons. The number of nitrogens with zero attached hydrogens (tertiary/aromatic N) is 2. The van der Waals surface area contributed by atoms with Crippen LogP contribution < -0.4 is 10.6 Å². The van der Waals surface area contributed by atoms with Crippen molar-refractivity contribution in [1.82, 2.24) is 9.97 Å². The van der Waals surface area contributed by atoms with Crippen LogP contribution in [0.3, 0.4) is 0 Å². The van der Waals surface area contributed by atoms with Crippen LogP contribution in [0.2, 0.25) is 5.02 Å². The molecule has 3 aromatic rings. The molecule has 0 saturated carbocycles. The maximum Gasteiger partial charge on any atom is 0.225 e. The summed E-state index contributed by atoms with van der Waals surface area (Å²) in [6.45, 7) is 6.74. The maximum atomic E-state index is 6.02. The van der Waals surface area contributed by atoms with Gasteiger partial charge in [0.15, 0.2) is 0 Å². The molecule has 0 fully saturated rings. The van der Waals surface area contributed by atoms with Crippen molar-refractivity contribution in [2.45, 2.75) is 27.3 Å². The second-order valence-corrected chi connectivity index (χ2v) is 6.58. The van der Waals surface area contributed by atoms with Gasteiger partial charge in [-0.25, -0.2) is 4.98 Å². The van der Waals surface area contributed by atoms with E-state index in [1.807, 2.05) is 38.1 Å². The molecule has 0 bridgehead atoms. The van der Waals surface area contributed by atoms with Gasteiger partial charge in [-0.3, -0.25) is 0 Å². The highest BCUT2D eigenvalue weighted by molar-refractivity contribution is 6.30. The highest BCUT2D eigenvalue weighted by Crippen LogP contribution is 2.23. The highest BCUT2D eigenvalue weighted by Gasteiger charge is 2.05. The molecule has 0 aliphatic heterocycles. The first-order valence-electron chi connectivity index (χ1n) is 8.18. The molecule has 4 nitrogen and oxygen atoms in total. The van der Waals surface area contributed by atoms with Crippen LogP contribution in [-0.4, -0.2) is 9.97 Å². The van der Waals surface area contributed by atoms with Gasteiger partial charge in [-0.05, 0) is 50.1 Å². The molecule has 5 heteroatoms. The Hall–Kier alpha value is -2.59. The van der Waals surface area contributed by atoms with Gasteiger partial charge in [0.25, 0.3) is 0 Å². The molecular formula is C20H21ClN4.